The number of hydrogen-bond donors (Lipinski definition) is 1. The van der Waals surface area contributed by atoms with Crippen LogP contribution in [0.2, 0.25) is 0 Å². The van der Waals surface area contributed by atoms with Crippen LogP contribution in [0.5, 0.6) is 0 Å². The number of benzene rings is 1. The predicted molar refractivity (Wildman–Crippen MR) is 69.5 cm³/mol. The number of rotatable bonds is 4. The molecular weight excluding hydrogens is 212 g/mol. The van der Waals surface area contributed by atoms with Crippen molar-refractivity contribution in [2.75, 3.05) is 0 Å². The third kappa shape index (κ3) is 3.87. The Balaban J connectivity index is 1.87. The molecule has 1 aliphatic rings. The molecule has 17 heavy (non-hydrogen) atoms. The molecule has 1 saturated carbocycles. The molecule has 0 aromatic heterocycles. The standard InChI is InChI=1S/C14H16N2O/c1-11(9-12-5-3-2-4-6-12)10-15-16-14(17)13-7-8-13/h2-6,9-10,13H,7-8H2,1H3,(H,16,17)/b11-9+,15-10+. The van der Waals surface area contributed by atoms with Crippen LogP contribution in [0.15, 0.2) is 41.0 Å². The molecule has 1 N–H and O–H groups in total. The summed E-state index contributed by atoms with van der Waals surface area (Å²) in [5, 5.41) is 3.94. The van der Waals surface area contributed by atoms with Gasteiger partial charge in [-0.3, -0.25) is 4.79 Å². The number of carbonyl (C=O) groups excluding carboxylic acids is 1. The fraction of sp³-hybridized carbons (Fsp3) is 0.286. The Kier molecular flexibility index (Phi) is 3.70. The molecule has 1 aromatic carbocycles. The normalized spacial score (nSPS) is 16.2. The van der Waals surface area contributed by atoms with Crippen molar-refractivity contribution in [1.82, 2.24) is 5.43 Å². The number of carbonyl (C=O) groups is 1. The zero-order valence-corrected chi connectivity index (χ0v) is 9.89. The van der Waals surface area contributed by atoms with Gasteiger partial charge in [-0.1, -0.05) is 36.4 Å². The van der Waals surface area contributed by atoms with Crippen LogP contribution in [-0.2, 0) is 4.79 Å². The van der Waals surface area contributed by atoms with Crippen molar-refractivity contribution in [2.45, 2.75) is 19.8 Å². The molecule has 0 aliphatic heterocycles. The molecule has 3 nitrogen and oxygen atoms in total. The van der Waals surface area contributed by atoms with E-state index in [2.05, 4.69) is 10.5 Å². The smallest absolute Gasteiger partial charge is 0.243 e. The van der Waals surface area contributed by atoms with Crippen LogP contribution in [0.1, 0.15) is 25.3 Å². The molecule has 2 rings (SSSR count). The highest BCUT2D eigenvalue weighted by Crippen LogP contribution is 2.28. The minimum Gasteiger partial charge on any atom is -0.273 e. The monoisotopic (exact) mass is 228 g/mol. The van der Waals surface area contributed by atoms with E-state index in [0.717, 1.165) is 24.0 Å². The summed E-state index contributed by atoms with van der Waals surface area (Å²) in [5.41, 5.74) is 4.69. The highest BCUT2D eigenvalue weighted by molar-refractivity contribution is 5.87. The number of amides is 1. The lowest BCUT2D eigenvalue weighted by Gasteiger charge is -1.96. The van der Waals surface area contributed by atoms with Crippen molar-refractivity contribution >= 4 is 18.2 Å². The molecule has 1 aliphatic carbocycles. The van der Waals surface area contributed by atoms with Crippen molar-refractivity contribution in [2.24, 2.45) is 11.0 Å². The molecule has 0 atom stereocenters. The van der Waals surface area contributed by atoms with Gasteiger partial charge in [-0.05, 0) is 30.9 Å². The summed E-state index contributed by atoms with van der Waals surface area (Å²) < 4.78 is 0. The van der Waals surface area contributed by atoms with E-state index in [4.69, 9.17) is 0 Å². The zero-order chi connectivity index (χ0) is 12.1. The van der Waals surface area contributed by atoms with Crippen molar-refractivity contribution in [3.63, 3.8) is 0 Å². The first-order chi connectivity index (χ1) is 8.25. The molecule has 1 fully saturated rings. The summed E-state index contributed by atoms with van der Waals surface area (Å²) in [6.07, 6.45) is 5.69. The lowest BCUT2D eigenvalue weighted by molar-refractivity contribution is -0.122. The van der Waals surface area contributed by atoms with Crippen molar-refractivity contribution in [3.05, 3.63) is 41.5 Å². The first-order valence-corrected chi connectivity index (χ1v) is 5.82. The van der Waals surface area contributed by atoms with Gasteiger partial charge in [-0.15, -0.1) is 0 Å². The second kappa shape index (κ2) is 5.43. The van der Waals surface area contributed by atoms with E-state index in [1.54, 1.807) is 6.21 Å². The van der Waals surface area contributed by atoms with Crippen molar-refractivity contribution < 1.29 is 4.79 Å². The topological polar surface area (TPSA) is 41.5 Å². The predicted octanol–water partition coefficient (Wildman–Crippen LogP) is 2.60. The minimum atomic E-state index is 0.0359. The highest BCUT2D eigenvalue weighted by Gasteiger charge is 2.29. The first-order valence-electron chi connectivity index (χ1n) is 5.82. The lowest BCUT2D eigenvalue weighted by Crippen LogP contribution is -2.18. The van der Waals surface area contributed by atoms with E-state index in [9.17, 15) is 4.79 Å². The fourth-order valence-corrected chi connectivity index (χ4v) is 1.48. The van der Waals surface area contributed by atoms with Crippen LogP contribution >= 0.6 is 0 Å². The van der Waals surface area contributed by atoms with Crippen LogP contribution < -0.4 is 5.43 Å². The molecule has 0 bridgehead atoms. The van der Waals surface area contributed by atoms with Crippen LogP contribution in [0.4, 0.5) is 0 Å². The number of allylic oxidation sites excluding steroid dienone is 1. The average molecular weight is 228 g/mol. The molecule has 1 aromatic rings. The van der Waals surface area contributed by atoms with E-state index in [1.807, 2.05) is 43.3 Å². The summed E-state index contributed by atoms with van der Waals surface area (Å²) in [6.45, 7) is 1.96. The number of hydrazone groups is 1. The van der Waals surface area contributed by atoms with E-state index in [0.29, 0.717) is 0 Å². The number of nitrogens with one attached hydrogen (secondary N) is 1. The van der Waals surface area contributed by atoms with Gasteiger partial charge in [0.2, 0.25) is 5.91 Å². The van der Waals surface area contributed by atoms with Gasteiger partial charge in [0, 0.05) is 5.92 Å². The molecule has 88 valence electrons. The zero-order valence-electron chi connectivity index (χ0n) is 9.89. The molecular formula is C14H16N2O. The Morgan fingerprint density at radius 2 is 2.06 bits per heavy atom. The number of hydrogen-bond acceptors (Lipinski definition) is 2. The fourth-order valence-electron chi connectivity index (χ4n) is 1.48. The van der Waals surface area contributed by atoms with Gasteiger partial charge >= 0.3 is 0 Å². The molecule has 0 heterocycles. The van der Waals surface area contributed by atoms with Crippen LogP contribution in [0.25, 0.3) is 6.08 Å². The van der Waals surface area contributed by atoms with Crippen LogP contribution in [0, 0.1) is 5.92 Å². The lowest BCUT2D eigenvalue weighted by atomic mass is 10.1. The Hall–Kier alpha value is -1.90. The average Bonchev–Trinajstić information content (AvgIpc) is 3.14. The molecule has 0 radical (unpaired) electrons. The third-order valence-electron chi connectivity index (χ3n) is 2.58. The van der Waals surface area contributed by atoms with Crippen LogP contribution in [-0.4, -0.2) is 12.1 Å². The van der Waals surface area contributed by atoms with Gasteiger partial charge in [0.25, 0.3) is 0 Å². The maximum atomic E-state index is 11.3. The van der Waals surface area contributed by atoms with Gasteiger partial charge in [-0.25, -0.2) is 5.43 Å². The van der Waals surface area contributed by atoms with Crippen molar-refractivity contribution in [1.29, 1.82) is 0 Å². The van der Waals surface area contributed by atoms with E-state index >= 15 is 0 Å². The Morgan fingerprint density at radius 3 is 2.71 bits per heavy atom. The quantitative estimate of drug-likeness (QED) is 0.624. The van der Waals surface area contributed by atoms with Gasteiger partial charge in [-0.2, -0.15) is 5.10 Å². The summed E-state index contributed by atoms with van der Waals surface area (Å²) >= 11 is 0. The molecule has 0 spiro atoms. The summed E-state index contributed by atoms with van der Waals surface area (Å²) in [7, 11) is 0. The largest absolute Gasteiger partial charge is 0.273 e. The Morgan fingerprint density at radius 1 is 1.35 bits per heavy atom. The maximum absolute atomic E-state index is 11.3. The van der Waals surface area contributed by atoms with Gasteiger partial charge in [0.05, 0.1) is 6.21 Å². The SMILES string of the molecule is CC(/C=N/NC(=O)C1CC1)=C\c1ccccc1. The van der Waals surface area contributed by atoms with E-state index in [1.165, 1.54) is 0 Å². The minimum absolute atomic E-state index is 0.0359. The van der Waals surface area contributed by atoms with E-state index in [-0.39, 0.29) is 11.8 Å². The summed E-state index contributed by atoms with van der Waals surface area (Å²) in [5.74, 6) is 0.235. The second-order valence-corrected chi connectivity index (χ2v) is 4.31. The maximum Gasteiger partial charge on any atom is 0.243 e. The summed E-state index contributed by atoms with van der Waals surface area (Å²) in [6, 6.07) is 10.0. The molecule has 0 unspecified atom stereocenters. The van der Waals surface area contributed by atoms with Gasteiger partial charge in [0.15, 0.2) is 0 Å². The molecule has 3 heteroatoms. The van der Waals surface area contributed by atoms with E-state index < -0.39 is 0 Å². The van der Waals surface area contributed by atoms with Crippen LogP contribution in [0.3, 0.4) is 0 Å². The third-order valence-corrected chi connectivity index (χ3v) is 2.58. The van der Waals surface area contributed by atoms with Gasteiger partial charge in [0.1, 0.15) is 0 Å². The second-order valence-electron chi connectivity index (χ2n) is 4.31. The Bertz CT molecular complexity index is 445. The van der Waals surface area contributed by atoms with Gasteiger partial charge < -0.3 is 0 Å². The Labute approximate surface area is 101 Å². The number of nitrogens with zero attached hydrogens (tertiary/aromatic N) is 1. The highest BCUT2D eigenvalue weighted by atomic mass is 16.2. The first kappa shape index (κ1) is 11.6. The van der Waals surface area contributed by atoms with Crippen molar-refractivity contribution in [3.8, 4) is 0 Å². The molecule has 0 saturated heterocycles. The molecule has 1 amide bonds. The summed E-state index contributed by atoms with van der Waals surface area (Å²) in [4.78, 5) is 11.3.